The van der Waals surface area contributed by atoms with Crippen LogP contribution in [0.4, 0.5) is 5.69 Å². The molecule has 1 N–H and O–H groups in total. The maximum Gasteiger partial charge on any atom is 0.254 e. The first-order valence-corrected chi connectivity index (χ1v) is 10.2. The van der Waals surface area contributed by atoms with Crippen molar-refractivity contribution in [3.63, 3.8) is 0 Å². The van der Waals surface area contributed by atoms with Gasteiger partial charge >= 0.3 is 0 Å². The van der Waals surface area contributed by atoms with Crippen LogP contribution >= 0.6 is 0 Å². The quantitative estimate of drug-likeness (QED) is 0.716. The molecule has 0 fully saturated rings. The lowest BCUT2D eigenvalue weighted by Crippen LogP contribution is -2.31. The van der Waals surface area contributed by atoms with E-state index in [1.165, 1.54) is 29.0 Å². The summed E-state index contributed by atoms with van der Waals surface area (Å²) >= 11 is 0. The topological polar surface area (TPSA) is 54.3 Å². The third kappa shape index (κ3) is 3.90. The van der Waals surface area contributed by atoms with Crippen LogP contribution in [0.1, 0.15) is 42.3 Å². The minimum atomic E-state index is -0.121. The van der Waals surface area contributed by atoms with Gasteiger partial charge in [-0.2, -0.15) is 0 Å². The Morgan fingerprint density at radius 1 is 1.07 bits per heavy atom. The highest BCUT2D eigenvalue weighted by molar-refractivity contribution is 5.96. The molecule has 29 heavy (non-hydrogen) atoms. The first-order valence-electron chi connectivity index (χ1n) is 10.2. The molecular formula is C24H27N3O2. The zero-order valence-electron chi connectivity index (χ0n) is 17.2. The number of nitrogens with one attached hydrogen (secondary N) is 1. The van der Waals surface area contributed by atoms with Crippen molar-refractivity contribution in [3.05, 3.63) is 65.4 Å². The van der Waals surface area contributed by atoms with E-state index in [1.54, 1.807) is 24.3 Å². The van der Waals surface area contributed by atoms with Gasteiger partial charge in [0.15, 0.2) is 0 Å². The molecule has 0 unspecified atom stereocenters. The van der Waals surface area contributed by atoms with Crippen LogP contribution in [0.3, 0.4) is 0 Å². The van der Waals surface area contributed by atoms with Gasteiger partial charge in [0, 0.05) is 54.9 Å². The predicted octanol–water partition coefficient (Wildman–Crippen LogP) is 4.45. The first kappa shape index (κ1) is 19.2. The second-order valence-corrected chi connectivity index (χ2v) is 8.25. The summed E-state index contributed by atoms with van der Waals surface area (Å²) in [5.74, 6) is 0.490. The van der Waals surface area contributed by atoms with Crippen LogP contribution in [0.15, 0.2) is 48.7 Å². The fourth-order valence-corrected chi connectivity index (χ4v) is 4.18. The summed E-state index contributed by atoms with van der Waals surface area (Å²) < 4.78 is 2.36. The molecule has 2 heterocycles. The van der Waals surface area contributed by atoms with Crippen molar-refractivity contribution in [2.75, 3.05) is 11.9 Å². The smallest absolute Gasteiger partial charge is 0.254 e. The summed E-state index contributed by atoms with van der Waals surface area (Å²) in [6, 6.07) is 13.5. The standard InChI is InChI=1S/C24H27N3O2/c1-16(2)13-27-15-20-11-12-26(14-19-5-4-6-22(27)23(19)20)24(29)18-7-9-21(10-8-18)25-17(3)28/h4-10,15-16H,11-14H2,1-3H3,(H,25,28). The highest BCUT2D eigenvalue weighted by Crippen LogP contribution is 2.30. The molecule has 150 valence electrons. The van der Waals surface area contributed by atoms with E-state index in [0.29, 0.717) is 30.3 Å². The first-order chi connectivity index (χ1) is 13.9. The van der Waals surface area contributed by atoms with Crippen LogP contribution in [-0.4, -0.2) is 27.8 Å². The Labute approximate surface area is 171 Å². The lowest BCUT2D eigenvalue weighted by molar-refractivity contribution is -0.114. The Kier molecular flexibility index (Phi) is 5.14. The normalized spacial score (nSPS) is 13.6. The number of amides is 2. The summed E-state index contributed by atoms with van der Waals surface area (Å²) in [6.07, 6.45) is 3.12. The molecule has 0 aliphatic carbocycles. The van der Waals surface area contributed by atoms with Gasteiger partial charge in [0.05, 0.1) is 0 Å². The van der Waals surface area contributed by atoms with E-state index < -0.39 is 0 Å². The van der Waals surface area contributed by atoms with E-state index in [2.05, 4.69) is 48.1 Å². The van der Waals surface area contributed by atoms with Crippen molar-refractivity contribution in [1.82, 2.24) is 9.47 Å². The molecule has 0 saturated carbocycles. The van der Waals surface area contributed by atoms with Crippen molar-refractivity contribution in [2.24, 2.45) is 5.92 Å². The molecule has 0 spiro atoms. The van der Waals surface area contributed by atoms with E-state index in [9.17, 15) is 9.59 Å². The molecule has 0 radical (unpaired) electrons. The summed E-state index contributed by atoms with van der Waals surface area (Å²) in [7, 11) is 0. The van der Waals surface area contributed by atoms with Crippen LogP contribution in [-0.2, 0) is 24.3 Å². The highest BCUT2D eigenvalue weighted by atomic mass is 16.2. The van der Waals surface area contributed by atoms with E-state index in [4.69, 9.17) is 0 Å². The Hall–Kier alpha value is -3.08. The van der Waals surface area contributed by atoms with Gasteiger partial charge in [0.25, 0.3) is 5.91 Å². The van der Waals surface area contributed by atoms with Gasteiger partial charge in [-0.3, -0.25) is 9.59 Å². The Morgan fingerprint density at radius 3 is 2.52 bits per heavy atom. The number of hydrogen-bond acceptors (Lipinski definition) is 2. The molecular weight excluding hydrogens is 362 g/mol. The number of nitrogens with zero attached hydrogens (tertiary/aromatic N) is 2. The summed E-state index contributed by atoms with van der Waals surface area (Å²) in [4.78, 5) is 26.2. The van der Waals surface area contributed by atoms with E-state index in [1.807, 2.05) is 4.90 Å². The average Bonchev–Trinajstić information content (AvgIpc) is 2.91. The SMILES string of the molecule is CC(=O)Nc1ccc(C(=O)N2CCc3cn(CC(C)C)c4cccc(c34)C2)cc1. The molecule has 1 aliphatic heterocycles. The number of rotatable bonds is 4. The summed E-state index contributed by atoms with van der Waals surface area (Å²) in [5, 5.41) is 4.04. The van der Waals surface area contributed by atoms with E-state index in [-0.39, 0.29) is 11.8 Å². The van der Waals surface area contributed by atoms with Gasteiger partial charge < -0.3 is 14.8 Å². The van der Waals surface area contributed by atoms with Gasteiger partial charge in [-0.1, -0.05) is 26.0 Å². The molecule has 4 rings (SSSR count). The monoisotopic (exact) mass is 389 g/mol. The maximum atomic E-state index is 13.1. The molecule has 2 amide bonds. The second-order valence-electron chi connectivity index (χ2n) is 8.25. The number of anilines is 1. The average molecular weight is 389 g/mol. The van der Waals surface area contributed by atoms with Gasteiger partial charge in [-0.25, -0.2) is 0 Å². The molecule has 0 atom stereocenters. The van der Waals surface area contributed by atoms with Crippen molar-refractivity contribution >= 4 is 28.4 Å². The third-order valence-corrected chi connectivity index (χ3v) is 5.38. The zero-order valence-corrected chi connectivity index (χ0v) is 17.2. The summed E-state index contributed by atoms with van der Waals surface area (Å²) in [5.41, 5.74) is 5.14. The lowest BCUT2D eigenvalue weighted by Gasteiger charge is -2.21. The van der Waals surface area contributed by atoms with Gasteiger partial charge in [-0.15, -0.1) is 0 Å². The van der Waals surface area contributed by atoms with Crippen LogP contribution in [0, 0.1) is 5.92 Å². The number of carbonyl (C=O) groups is 2. The molecule has 1 aliphatic rings. The Bertz CT molecular complexity index is 1060. The fourth-order valence-electron chi connectivity index (χ4n) is 4.18. The van der Waals surface area contributed by atoms with Gasteiger partial charge in [-0.05, 0) is 53.8 Å². The van der Waals surface area contributed by atoms with Gasteiger partial charge in [0.1, 0.15) is 0 Å². The number of benzene rings is 2. The van der Waals surface area contributed by atoms with Gasteiger partial charge in [0.2, 0.25) is 5.91 Å². The number of aromatic nitrogens is 1. The van der Waals surface area contributed by atoms with Crippen molar-refractivity contribution < 1.29 is 9.59 Å². The molecule has 1 aromatic heterocycles. The van der Waals surface area contributed by atoms with Crippen LogP contribution in [0.25, 0.3) is 10.9 Å². The Balaban J connectivity index is 1.60. The van der Waals surface area contributed by atoms with E-state index in [0.717, 1.165) is 13.0 Å². The van der Waals surface area contributed by atoms with E-state index >= 15 is 0 Å². The molecule has 5 heteroatoms. The summed E-state index contributed by atoms with van der Waals surface area (Å²) in [6.45, 7) is 8.25. The number of hydrogen-bond donors (Lipinski definition) is 1. The molecule has 0 saturated heterocycles. The minimum Gasteiger partial charge on any atom is -0.347 e. The maximum absolute atomic E-state index is 13.1. The van der Waals surface area contributed by atoms with Crippen molar-refractivity contribution in [3.8, 4) is 0 Å². The van der Waals surface area contributed by atoms with Crippen molar-refractivity contribution in [1.29, 1.82) is 0 Å². The third-order valence-electron chi connectivity index (χ3n) is 5.38. The Morgan fingerprint density at radius 2 is 1.83 bits per heavy atom. The van der Waals surface area contributed by atoms with Crippen molar-refractivity contribution in [2.45, 2.75) is 40.3 Å². The molecule has 0 bridgehead atoms. The fraction of sp³-hybridized carbons (Fsp3) is 0.333. The van der Waals surface area contributed by atoms with Crippen LogP contribution < -0.4 is 5.32 Å². The largest absolute Gasteiger partial charge is 0.347 e. The number of carbonyl (C=O) groups excluding carboxylic acids is 2. The van der Waals surface area contributed by atoms with Crippen LogP contribution in [0.2, 0.25) is 0 Å². The second kappa shape index (κ2) is 7.74. The lowest BCUT2D eigenvalue weighted by atomic mass is 10.1. The molecule has 5 nitrogen and oxygen atoms in total. The predicted molar refractivity (Wildman–Crippen MR) is 116 cm³/mol. The van der Waals surface area contributed by atoms with Crippen LogP contribution in [0.5, 0.6) is 0 Å². The zero-order chi connectivity index (χ0) is 20.5. The molecule has 2 aromatic carbocycles. The molecule has 3 aromatic rings. The highest BCUT2D eigenvalue weighted by Gasteiger charge is 2.23. The minimum absolute atomic E-state index is 0.0246.